The summed E-state index contributed by atoms with van der Waals surface area (Å²) in [6.45, 7) is 1.93. The quantitative estimate of drug-likeness (QED) is 0.652. The van der Waals surface area contributed by atoms with Crippen LogP contribution in [-0.4, -0.2) is 10.1 Å². The maximum Gasteiger partial charge on any atom is 0.185 e. The van der Waals surface area contributed by atoms with Crippen molar-refractivity contribution in [1.82, 2.24) is 10.1 Å². The van der Waals surface area contributed by atoms with Crippen molar-refractivity contribution in [3.63, 3.8) is 0 Å². The Morgan fingerprint density at radius 1 is 1.20 bits per heavy atom. The first kappa shape index (κ1) is 8.29. The van der Waals surface area contributed by atoms with Crippen LogP contribution in [0.3, 0.4) is 0 Å². The molecule has 0 radical (unpaired) electrons. The van der Waals surface area contributed by atoms with E-state index in [1.807, 2.05) is 31.2 Å². The third-order valence-electron chi connectivity index (χ3n) is 2.51. The van der Waals surface area contributed by atoms with E-state index >= 15 is 0 Å². The summed E-state index contributed by atoms with van der Waals surface area (Å²) in [5.41, 5.74) is 4.91. The topological polar surface area (TPSA) is 41.8 Å². The summed E-state index contributed by atoms with van der Waals surface area (Å²) in [4.78, 5) is 3.30. The Morgan fingerprint density at radius 3 is 2.73 bits per heavy atom. The van der Waals surface area contributed by atoms with Gasteiger partial charge in [0.25, 0.3) is 0 Å². The standard InChI is InChI=1S/C12H10N2O/c1-8-12-11(15-14-8)7-10(13-12)9-5-3-2-4-6-9/h2-7,13H,1H3. The van der Waals surface area contributed by atoms with Gasteiger partial charge in [-0.2, -0.15) is 0 Å². The van der Waals surface area contributed by atoms with Crippen LogP contribution in [0.1, 0.15) is 5.69 Å². The normalized spacial score (nSPS) is 11.0. The van der Waals surface area contributed by atoms with Crippen LogP contribution in [0.15, 0.2) is 40.9 Å². The molecule has 0 aliphatic rings. The molecular formula is C12H10N2O. The van der Waals surface area contributed by atoms with E-state index in [9.17, 15) is 0 Å². The molecule has 3 rings (SSSR count). The van der Waals surface area contributed by atoms with E-state index in [1.54, 1.807) is 0 Å². The Bertz CT molecular complexity index is 592. The molecule has 74 valence electrons. The maximum atomic E-state index is 5.17. The zero-order chi connectivity index (χ0) is 10.3. The summed E-state index contributed by atoms with van der Waals surface area (Å²) in [5.74, 6) is 0. The Hall–Kier alpha value is -2.03. The highest BCUT2D eigenvalue weighted by Gasteiger charge is 2.09. The molecule has 2 aromatic heterocycles. The van der Waals surface area contributed by atoms with Gasteiger partial charge in [-0.05, 0) is 12.5 Å². The summed E-state index contributed by atoms with van der Waals surface area (Å²) in [7, 11) is 0. The fraction of sp³-hybridized carbons (Fsp3) is 0.0833. The van der Waals surface area contributed by atoms with Crippen LogP contribution in [0, 0.1) is 6.92 Å². The lowest BCUT2D eigenvalue weighted by Crippen LogP contribution is -1.77. The van der Waals surface area contributed by atoms with Crippen LogP contribution < -0.4 is 0 Å². The first-order valence-electron chi connectivity index (χ1n) is 4.85. The minimum absolute atomic E-state index is 0.811. The van der Waals surface area contributed by atoms with Gasteiger partial charge in [0.15, 0.2) is 5.58 Å². The number of aryl methyl sites for hydroxylation is 1. The van der Waals surface area contributed by atoms with Crippen molar-refractivity contribution in [2.75, 3.05) is 0 Å². The highest BCUT2D eigenvalue weighted by atomic mass is 16.5. The van der Waals surface area contributed by atoms with Crippen molar-refractivity contribution in [2.24, 2.45) is 0 Å². The van der Waals surface area contributed by atoms with Gasteiger partial charge in [-0.3, -0.25) is 0 Å². The molecule has 0 aliphatic heterocycles. The Labute approximate surface area is 86.7 Å². The molecule has 0 unspecified atom stereocenters. The monoisotopic (exact) mass is 198 g/mol. The average molecular weight is 198 g/mol. The second-order valence-electron chi connectivity index (χ2n) is 3.56. The molecular weight excluding hydrogens is 188 g/mol. The maximum absolute atomic E-state index is 5.17. The molecule has 0 spiro atoms. The highest BCUT2D eigenvalue weighted by molar-refractivity contribution is 5.82. The predicted molar refractivity (Wildman–Crippen MR) is 58.5 cm³/mol. The molecule has 2 heterocycles. The van der Waals surface area contributed by atoms with Gasteiger partial charge in [0.05, 0.1) is 0 Å². The summed E-state index contributed by atoms with van der Waals surface area (Å²) >= 11 is 0. The Kier molecular flexibility index (Phi) is 1.65. The number of nitrogens with zero attached hydrogens (tertiary/aromatic N) is 1. The largest absolute Gasteiger partial charge is 0.354 e. The molecule has 0 bridgehead atoms. The van der Waals surface area contributed by atoms with Crippen LogP contribution in [-0.2, 0) is 0 Å². The van der Waals surface area contributed by atoms with Crippen LogP contribution in [0.25, 0.3) is 22.4 Å². The molecule has 3 heteroatoms. The average Bonchev–Trinajstić information content (AvgIpc) is 2.83. The summed E-state index contributed by atoms with van der Waals surface area (Å²) in [6.07, 6.45) is 0. The van der Waals surface area contributed by atoms with E-state index in [-0.39, 0.29) is 0 Å². The van der Waals surface area contributed by atoms with E-state index in [4.69, 9.17) is 4.52 Å². The molecule has 3 aromatic rings. The SMILES string of the molecule is Cc1noc2cc(-c3ccccc3)[nH]c12. The van der Waals surface area contributed by atoms with Crippen molar-refractivity contribution in [1.29, 1.82) is 0 Å². The molecule has 0 atom stereocenters. The van der Waals surface area contributed by atoms with E-state index in [0.717, 1.165) is 28.1 Å². The van der Waals surface area contributed by atoms with E-state index in [1.165, 1.54) is 0 Å². The van der Waals surface area contributed by atoms with Crippen molar-refractivity contribution < 1.29 is 4.52 Å². The first-order valence-corrected chi connectivity index (χ1v) is 4.85. The zero-order valence-electron chi connectivity index (χ0n) is 8.32. The third kappa shape index (κ3) is 1.24. The fourth-order valence-corrected chi connectivity index (χ4v) is 1.71. The molecule has 0 saturated heterocycles. The van der Waals surface area contributed by atoms with Crippen molar-refractivity contribution in [3.8, 4) is 11.3 Å². The number of hydrogen-bond acceptors (Lipinski definition) is 2. The summed E-state index contributed by atoms with van der Waals surface area (Å²) in [6, 6.07) is 12.1. The molecule has 3 nitrogen and oxygen atoms in total. The van der Waals surface area contributed by atoms with Crippen LogP contribution in [0.4, 0.5) is 0 Å². The van der Waals surface area contributed by atoms with Crippen LogP contribution in [0.5, 0.6) is 0 Å². The lowest BCUT2D eigenvalue weighted by atomic mass is 10.2. The zero-order valence-corrected chi connectivity index (χ0v) is 8.32. The number of aromatic amines is 1. The minimum atomic E-state index is 0.811. The summed E-state index contributed by atoms with van der Waals surface area (Å²) < 4.78 is 5.17. The van der Waals surface area contributed by atoms with E-state index < -0.39 is 0 Å². The predicted octanol–water partition coefficient (Wildman–Crippen LogP) is 3.13. The molecule has 0 saturated carbocycles. The molecule has 0 aliphatic carbocycles. The highest BCUT2D eigenvalue weighted by Crippen LogP contribution is 2.25. The smallest absolute Gasteiger partial charge is 0.185 e. The molecule has 1 N–H and O–H groups in total. The van der Waals surface area contributed by atoms with Gasteiger partial charge in [0.2, 0.25) is 0 Å². The van der Waals surface area contributed by atoms with Gasteiger partial charge in [-0.15, -0.1) is 0 Å². The molecule has 15 heavy (non-hydrogen) atoms. The van der Waals surface area contributed by atoms with E-state index in [2.05, 4.69) is 22.3 Å². The van der Waals surface area contributed by atoms with Gasteiger partial charge in [-0.25, -0.2) is 0 Å². The Morgan fingerprint density at radius 2 is 2.00 bits per heavy atom. The lowest BCUT2D eigenvalue weighted by Gasteiger charge is -1.95. The van der Waals surface area contributed by atoms with Crippen molar-refractivity contribution in [2.45, 2.75) is 6.92 Å². The number of rotatable bonds is 1. The van der Waals surface area contributed by atoms with Gasteiger partial charge in [-0.1, -0.05) is 35.5 Å². The number of benzene rings is 1. The first-order chi connectivity index (χ1) is 7.34. The summed E-state index contributed by atoms with van der Waals surface area (Å²) in [5, 5.41) is 3.88. The minimum Gasteiger partial charge on any atom is -0.354 e. The van der Waals surface area contributed by atoms with E-state index in [0.29, 0.717) is 0 Å². The van der Waals surface area contributed by atoms with Gasteiger partial charge >= 0.3 is 0 Å². The van der Waals surface area contributed by atoms with Gasteiger partial charge in [0, 0.05) is 11.8 Å². The number of hydrogen-bond donors (Lipinski definition) is 1. The number of aromatic nitrogens is 2. The Balaban J connectivity index is 2.20. The second kappa shape index (κ2) is 2.98. The molecule has 0 amide bonds. The number of H-pyrrole nitrogens is 1. The molecule has 0 fully saturated rings. The van der Waals surface area contributed by atoms with Crippen LogP contribution >= 0.6 is 0 Å². The number of nitrogens with one attached hydrogen (secondary N) is 1. The van der Waals surface area contributed by atoms with Gasteiger partial charge in [0.1, 0.15) is 11.2 Å². The second-order valence-corrected chi connectivity index (χ2v) is 3.56. The van der Waals surface area contributed by atoms with Gasteiger partial charge < -0.3 is 9.51 Å². The third-order valence-corrected chi connectivity index (χ3v) is 2.51. The van der Waals surface area contributed by atoms with Crippen LogP contribution in [0.2, 0.25) is 0 Å². The van der Waals surface area contributed by atoms with Crippen molar-refractivity contribution in [3.05, 3.63) is 42.1 Å². The number of fused-ring (bicyclic) bond motifs is 1. The lowest BCUT2D eigenvalue weighted by molar-refractivity contribution is 0.450. The molecule has 1 aromatic carbocycles. The van der Waals surface area contributed by atoms with Crippen molar-refractivity contribution >= 4 is 11.1 Å². The fourth-order valence-electron chi connectivity index (χ4n) is 1.71.